The Kier molecular flexibility index (Phi) is 7.25. The molecule has 0 radical (unpaired) electrons. The lowest BCUT2D eigenvalue weighted by Gasteiger charge is -2.28. The van der Waals surface area contributed by atoms with Crippen LogP contribution in [0.1, 0.15) is 36.8 Å². The monoisotopic (exact) mass is 332 g/mol. The summed E-state index contributed by atoms with van der Waals surface area (Å²) < 4.78 is 0. The number of hydrogen-bond acceptors (Lipinski definition) is 3. The Balaban J connectivity index is 1.85. The van der Waals surface area contributed by atoms with Crippen molar-refractivity contribution in [1.82, 2.24) is 9.80 Å². The molecule has 1 aromatic rings. The summed E-state index contributed by atoms with van der Waals surface area (Å²) in [6, 6.07) is 7.64. The molecule has 5 heteroatoms. The van der Waals surface area contributed by atoms with Crippen LogP contribution in [-0.4, -0.2) is 60.0 Å². The molecule has 132 valence electrons. The van der Waals surface area contributed by atoms with Crippen LogP contribution in [0.5, 0.6) is 0 Å². The van der Waals surface area contributed by atoms with Crippen molar-refractivity contribution in [2.45, 2.75) is 38.5 Å². The second-order valence-corrected chi connectivity index (χ2v) is 6.56. The van der Waals surface area contributed by atoms with E-state index in [0.29, 0.717) is 12.8 Å². The predicted molar refractivity (Wildman–Crippen MR) is 94.0 cm³/mol. The Hall–Kier alpha value is -1.88. The lowest BCUT2D eigenvalue weighted by Crippen LogP contribution is -2.39. The van der Waals surface area contributed by atoms with Crippen LogP contribution < -0.4 is 0 Å². The molecule has 1 aromatic carbocycles. The van der Waals surface area contributed by atoms with Crippen molar-refractivity contribution in [2.75, 3.05) is 33.2 Å². The van der Waals surface area contributed by atoms with E-state index in [-0.39, 0.29) is 12.3 Å². The summed E-state index contributed by atoms with van der Waals surface area (Å²) in [5, 5.41) is 8.85. The molecule has 1 heterocycles. The third kappa shape index (κ3) is 5.96. The molecule has 0 atom stereocenters. The third-order valence-corrected chi connectivity index (χ3v) is 4.69. The van der Waals surface area contributed by atoms with Gasteiger partial charge in [0.15, 0.2) is 0 Å². The van der Waals surface area contributed by atoms with E-state index in [1.54, 1.807) is 4.90 Å². The fourth-order valence-corrected chi connectivity index (χ4v) is 3.11. The van der Waals surface area contributed by atoms with Crippen molar-refractivity contribution in [1.29, 1.82) is 0 Å². The molecule has 1 amide bonds. The maximum Gasteiger partial charge on any atom is 0.303 e. The van der Waals surface area contributed by atoms with E-state index < -0.39 is 5.97 Å². The number of piperidine rings is 1. The van der Waals surface area contributed by atoms with Gasteiger partial charge in [-0.05, 0) is 43.5 Å². The summed E-state index contributed by atoms with van der Waals surface area (Å²) in [4.78, 5) is 27.5. The van der Waals surface area contributed by atoms with E-state index in [1.165, 1.54) is 19.3 Å². The molecule has 0 bridgehead atoms. The highest BCUT2D eigenvalue weighted by molar-refractivity contribution is 5.79. The zero-order chi connectivity index (χ0) is 17.4. The maximum absolute atomic E-state index is 12.5. The van der Waals surface area contributed by atoms with Crippen molar-refractivity contribution in [3.63, 3.8) is 0 Å². The number of benzene rings is 1. The van der Waals surface area contributed by atoms with Gasteiger partial charge < -0.3 is 14.9 Å². The van der Waals surface area contributed by atoms with Crippen molar-refractivity contribution in [3.05, 3.63) is 35.4 Å². The van der Waals surface area contributed by atoms with E-state index in [0.717, 1.165) is 37.3 Å². The number of likely N-dealkylation sites (N-methyl/N-ethyl adjacent to an activating group) is 1. The zero-order valence-corrected chi connectivity index (χ0v) is 14.5. The van der Waals surface area contributed by atoms with Gasteiger partial charge in [-0.25, -0.2) is 0 Å². The van der Waals surface area contributed by atoms with Crippen molar-refractivity contribution >= 4 is 11.9 Å². The first-order valence-corrected chi connectivity index (χ1v) is 8.81. The topological polar surface area (TPSA) is 60.9 Å². The Morgan fingerprint density at radius 2 is 1.79 bits per heavy atom. The van der Waals surface area contributed by atoms with Crippen LogP contribution in [0.3, 0.4) is 0 Å². The second kappa shape index (κ2) is 9.42. The number of carbonyl (C=O) groups is 2. The Labute approximate surface area is 144 Å². The minimum Gasteiger partial charge on any atom is -0.481 e. The number of aliphatic carboxylic acids is 1. The maximum atomic E-state index is 12.5. The molecule has 1 saturated heterocycles. The SMILES string of the molecule is CN(CCN1CCCCC1)C(=O)Cc1ccccc1CCC(=O)O. The molecular weight excluding hydrogens is 304 g/mol. The van der Waals surface area contributed by atoms with Gasteiger partial charge in [0.25, 0.3) is 0 Å². The van der Waals surface area contributed by atoms with E-state index in [9.17, 15) is 9.59 Å². The number of carboxylic acid groups (broad SMARTS) is 1. The number of nitrogens with zero attached hydrogens (tertiary/aromatic N) is 2. The summed E-state index contributed by atoms with van der Waals surface area (Å²) in [5.74, 6) is -0.718. The molecule has 0 spiro atoms. The number of carbonyl (C=O) groups excluding carboxylic acids is 1. The van der Waals surface area contributed by atoms with Crippen LogP contribution >= 0.6 is 0 Å². The van der Waals surface area contributed by atoms with Crippen LogP contribution in [0.15, 0.2) is 24.3 Å². The number of hydrogen-bond donors (Lipinski definition) is 1. The first-order valence-electron chi connectivity index (χ1n) is 8.81. The smallest absolute Gasteiger partial charge is 0.303 e. The van der Waals surface area contributed by atoms with Gasteiger partial charge in [0, 0.05) is 26.6 Å². The van der Waals surface area contributed by atoms with Gasteiger partial charge in [-0.3, -0.25) is 9.59 Å². The Morgan fingerprint density at radius 3 is 2.46 bits per heavy atom. The fraction of sp³-hybridized carbons (Fsp3) is 0.579. The normalized spacial score (nSPS) is 15.2. The first-order chi connectivity index (χ1) is 11.6. The molecule has 1 N–H and O–H groups in total. The molecule has 2 rings (SSSR count). The van der Waals surface area contributed by atoms with E-state index in [2.05, 4.69) is 4.90 Å². The average molecular weight is 332 g/mol. The van der Waals surface area contributed by atoms with E-state index in [1.807, 2.05) is 31.3 Å². The quantitative estimate of drug-likeness (QED) is 0.793. The van der Waals surface area contributed by atoms with Crippen molar-refractivity contribution < 1.29 is 14.7 Å². The van der Waals surface area contributed by atoms with Crippen LogP contribution in [0.4, 0.5) is 0 Å². The van der Waals surface area contributed by atoms with Gasteiger partial charge in [0.2, 0.25) is 5.91 Å². The molecular formula is C19H28N2O3. The minimum atomic E-state index is -0.810. The third-order valence-electron chi connectivity index (χ3n) is 4.69. The molecule has 1 aliphatic heterocycles. The van der Waals surface area contributed by atoms with E-state index in [4.69, 9.17) is 5.11 Å². The van der Waals surface area contributed by atoms with Gasteiger partial charge in [-0.15, -0.1) is 0 Å². The summed E-state index contributed by atoms with van der Waals surface area (Å²) >= 11 is 0. The predicted octanol–water partition coefficient (Wildman–Crippen LogP) is 2.19. The second-order valence-electron chi connectivity index (χ2n) is 6.56. The lowest BCUT2D eigenvalue weighted by atomic mass is 10.00. The Morgan fingerprint density at radius 1 is 1.12 bits per heavy atom. The lowest BCUT2D eigenvalue weighted by molar-refractivity contribution is -0.137. The Bertz CT molecular complexity index is 553. The molecule has 24 heavy (non-hydrogen) atoms. The largest absolute Gasteiger partial charge is 0.481 e. The number of aryl methyl sites for hydroxylation is 1. The van der Waals surface area contributed by atoms with Crippen LogP contribution in [-0.2, 0) is 22.4 Å². The first kappa shape index (κ1) is 18.5. The fourth-order valence-electron chi connectivity index (χ4n) is 3.11. The molecule has 0 unspecified atom stereocenters. The highest BCUT2D eigenvalue weighted by Crippen LogP contribution is 2.13. The van der Waals surface area contributed by atoms with Crippen LogP contribution in [0.2, 0.25) is 0 Å². The summed E-state index contributed by atoms with van der Waals surface area (Å²) in [6.07, 6.45) is 4.74. The summed E-state index contributed by atoms with van der Waals surface area (Å²) in [5.41, 5.74) is 1.89. The number of likely N-dealkylation sites (tertiary alicyclic amines) is 1. The summed E-state index contributed by atoms with van der Waals surface area (Å²) in [6.45, 7) is 3.96. The minimum absolute atomic E-state index is 0.0924. The number of carboxylic acids is 1. The summed E-state index contributed by atoms with van der Waals surface area (Å²) in [7, 11) is 1.85. The van der Waals surface area contributed by atoms with Crippen molar-refractivity contribution in [2.24, 2.45) is 0 Å². The molecule has 0 saturated carbocycles. The average Bonchev–Trinajstić information content (AvgIpc) is 2.59. The highest BCUT2D eigenvalue weighted by atomic mass is 16.4. The molecule has 5 nitrogen and oxygen atoms in total. The highest BCUT2D eigenvalue weighted by Gasteiger charge is 2.15. The van der Waals surface area contributed by atoms with Crippen LogP contribution in [0.25, 0.3) is 0 Å². The molecule has 1 fully saturated rings. The zero-order valence-electron chi connectivity index (χ0n) is 14.5. The van der Waals surface area contributed by atoms with E-state index >= 15 is 0 Å². The van der Waals surface area contributed by atoms with Crippen molar-refractivity contribution in [3.8, 4) is 0 Å². The van der Waals surface area contributed by atoms with Gasteiger partial charge in [0.1, 0.15) is 0 Å². The van der Waals surface area contributed by atoms with Crippen LogP contribution in [0, 0.1) is 0 Å². The van der Waals surface area contributed by atoms with Gasteiger partial charge >= 0.3 is 5.97 Å². The number of rotatable bonds is 8. The number of amides is 1. The molecule has 0 aromatic heterocycles. The molecule has 1 aliphatic rings. The van der Waals surface area contributed by atoms with Gasteiger partial charge in [0.05, 0.1) is 6.42 Å². The standard InChI is InChI=1S/C19H28N2O3/c1-20(13-14-21-11-5-2-6-12-21)18(22)15-17-8-4-3-7-16(17)9-10-19(23)24/h3-4,7-8H,2,5-6,9-15H2,1H3,(H,23,24). The van der Waals surface area contributed by atoms with Gasteiger partial charge in [-0.2, -0.15) is 0 Å². The molecule has 0 aliphatic carbocycles. The van der Waals surface area contributed by atoms with Gasteiger partial charge in [-0.1, -0.05) is 30.7 Å².